The van der Waals surface area contributed by atoms with Gasteiger partial charge in [-0.2, -0.15) is 4.98 Å². The van der Waals surface area contributed by atoms with Crippen molar-refractivity contribution >= 4 is 16.9 Å². The van der Waals surface area contributed by atoms with Crippen LogP contribution in [0.4, 0.5) is 0 Å². The first-order chi connectivity index (χ1) is 15.2. The third-order valence-electron chi connectivity index (χ3n) is 5.17. The standard InChI is InChI=1S/C21H20N6O4/c28-18(12-30-14-4-2-1-3-5-14)27-9-8-22-11-17(27)20-25-19(26-31-20)13-6-7-15-16(10-13)24-21(29)23-15/h1-7,10,17,22H,8-9,11-12H2,(H2,23,24,29)/t17-/m1/s1. The lowest BCUT2D eigenvalue weighted by atomic mass is 10.1. The number of nitrogens with zero attached hydrogens (tertiary/aromatic N) is 3. The molecule has 0 radical (unpaired) electrons. The van der Waals surface area contributed by atoms with Crippen molar-refractivity contribution in [3.63, 3.8) is 0 Å². The van der Waals surface area contributed by atoms with Crippen LogP contribution in [0, 0.1) is 0 Å². The Bertz CT molecular complexity index is 1260. The van der Waals surface area contributed by atoms with E-state index in [-0.39, 0.29) is 18.2 Å². The lowest BCUT2D eigenvalue weighted by Crippen LogP contribution is -2.50. The fourth-order valence-corrected chi connectivity index (χ4v) is 3.63. The molecule has 1 aliphatic heterocycles. The summed E-state index contributed by atoms with van der Waals surface area (Å²) in [7, 11) is 0. The quantitative estimate of drug-likeness (QED) is 0.446. The molecule has 1 saturated heterocycles. The SMILES string of the molecule is O=C(COc1ccccc1)N1CCNC[C@@H]1c1nc(-c2ccc3[nH]c(=O)[nH]c3c2)no1. The smallest absolute Gasteiger partial charge is 0.323 e. The van der Waals surface area contributed by atoms with Crippen molar-refractivity contribution in [1.82, 2.24) is 30.3 Å². The number of aromatic nitrogens is 4. The second-order valence-electron chi connectivity index (χ2n) is 7.20. The van der Waals surface area contributed by atoms with Gasteiger partial charge >= 0.3 is 5.69 Å². The minimum Gasteiger partial charge on any atom is -0.484 e. The van der Waals surface area contributed by atoms with Gasteiger partial charge in [0.1, 0.15) is 11.8 Å². The highest BCUT2D eigenvalue weighted by Crippen LogP contribution is 2.25. The van der Waals surface area contributed by atoms with Gasteiger partial charge in [-0.1, -0.05) is 23.4 Å². The van der Waals surface area contributed by atoms with Crippen molar-refractivity contribution < 1.29 is 14.1 Å². The number of para-hydroxylation sites is 1. The van der Waals surface area contributed by atoms with Gasteiger partial charge in [-0.05, 0) is 30.3 Å². The molecule has 1 fully saturated rings. The molecular weight excluding hydrogens is 400 g/mol. The van der Waals surface area contributed by atoms with E-state index in [4.69, 9.17) is 9.26 Å². The van der Waals surface area contributed by atoms with Gasteiger partial charge in [-0.15, -0.1) is 0 Å². The maximum Gasteiger partial charge on any atom is 0.323 e. The number of imidazole rings is 1. The van der Waals surface area contributed by atoms with Crippen LogP contribution in [0.15, 0.2) is 57.8 Å². The van der Waals surface area contributed by atoms with Crippen molar-refractivity contribution in [3.8, 4) is 17.1 Å². The van der Waals surface area contributed by atoms with E-state index in [2.05, 4.69) is 25.4 Å². The molecule has 0 aliphatic carbocycles. The summed E-state index contributed by atoms with van der Waals surface area (Å²) in [6, 6.07) is 14.2. The molecular formula is C21H20N6O4. The Hall–Kier alpha value is -3.92. The second kappa shape index (κ2) is 8.07. The number of amides is 1. The Morgan fingerprint density at radius 2 is 2.00 bits per heavy atom. The summed E-state index contributed by atoms with van der Waals surface area (Å²) in [5.41, 5.74) is 1.78. The zero-order valence-electron chi connectivity index (χ0n) is 16.5. The van der Waals surface area contributed by atoms with E-state index in [1.54, 1.807) is 35.2 Å². The Labute approximate surface area is 176 Å². The number of hydrogen-bond acceptors (Lipinski definition) is 7. The highest BCUT2D eigenvalue weighted by molar-refractivity contribution is 5.80. The summed E-state index contributed by atoms with van der Waals surface area (Å²) >= 11 is 0. The molecule has 1 aliphatic rings. The molecule has 3 N–H and O–H groups in total. The van der Waals surface area contributed by atoms with E-state index < -0.39 is 6.04 Å². The highest BCUT2D eigenvalue weighted by atomic mass is 16.5. The predicted octanol–water partition coefficient (Wildman–Crippen LogP) is 1.46. The van der Waals surface area contributed by atoms with Crippen LogP contribution in [0.5, 0.6) is 5.75 Å². The fourth-order valence-electron chi connectivity index (χ4n) is 3.63. The van der Waals surface area contributed by atoms with Crippen molar-refractivity contribution in [2.75, 3.05) is 26.2 Å². The number of fused-ring (bicyclic) bond motifs is 1. The molecule has 10 heteroatoms. The van der Waals surface area contributed by atoms with E-state index in [1.807, 2.05) is 18.2 Å². The lowest BCUT2D eigenvalue weighted by molar-refractivity contribution is -0.137. The number of H-pyrrole nitrogens is 2. The lowest BCUT2D eigenvalue weighted by Gasteiger charge is -2.33. The Balaban J connectivity index is 1.34. The third-order valence-corrected chi connectivity index (χ3v) is 5.17. The Kier molecular flexibility index (Phi) is 4.97. The minimum atomic E-state index is -0.391. The minimum absolute atomic E-state index is 0.0704. The van der Waals surface area contributed by atoms with Crippen LogP contribution in [-0.4, -0.2) is 57.2 Å². The van der Waals surface area contributed by atoms with Crippen LogP contribution < -0.4 is 15.7 Å². The molecule has 1 atom stereocenters. The van der Waals surface area contributed by atoms with Crippen LogP contribution in [0.1, 0.15) is 11.9 Å². The third kappa shape index (κ3) is 3.92. The average molecular weight is 420 g/mol. The number of carbonyl (C=O) groups excluding carboxylic acids is 1. The Morgan fingerprint density at radius 3 is 2.87 bits per heavy atom. The molecule has 31 heavy (non-hydrogen) atoms. The van der Waals surface area contributed by atoms with Crippen LogP contribution in [0.2, 0.25) is 0 Å². The number of ether oxygens (including phenoxy) is 1. The van der Waals surface area contributed by atoms with Gasteiger partial charge in [0.05, 0.1) is 11.0 Å². The van der Waals surface area contributed by atoms with E-state index in [0.29, 0.717) is 53.7 Å². The monoisotopic (exact) mass is 420 g/mol. The van der Waals surface area contributed by atoms with Crippen LogP contribution >= 0.6 is 0 Å². The summed E-state index contributed by atoms with van der Waals surface area (Å²) < 4.78 is 11.1. The number of hydrogen-bond donors (Lipinski definition) is 3. The van der Waals surface area contributed by atoms with Gasteiger partial charge in [-0.3, -0.25) is 4.79 Å². The molecule has 2 aromatic carbocycles. The molecule has 1 amide bonds. The number of rotatable bonds is 5. The van der Waals surface area contributed by atoms with Crippen molar-refractivity contribution in [3.05, 3.63) is 64.9 Å². The zero-order valence-corrected chi connectivity index (χ0v) is 16.5. The molecule has 0 saturated carbocycles. The number of aromatic amines is 2. The van der Waals surface area contributed by atoms with Gasteiger partial charge in [-0.25, -0.2) is 4.79 Å². The van der Waals surface area contributed by atoms with E-state index >= 15 is 0 Å². The molecule has 5 rings (SSSR count). The van der Waals surface area contributed by atoms with E-state index in [1.165, 1.54) is 0 Å². The molecule has 158 valence electrons. The first-order valence-electron chi connectivity index (χ1n) is 9.91. The Morgan fingerprint density at radius 1 is 1.16 bits per heavy atom. The zero-order chi connectivity index (χ0) is 21.2. The summed E-state index contributed by atoms with van der Waals surface area (Å²) in [6.45, 7) is 1.61. The molecule has 2 aromatic heterocycles. The molecule has 10 nitrogen and oxygen atoms in total. The van der Waals surface area contributed by atoms with Crippen LogP contribution in [0.25, 0.3) is 22.4 Å². The van der Waals surface area contributed by atoms with Crippen molar-refractivity contribution in [2.24, 2.45) is 0 Å². The normalized spacial score (nSPS) is 16.5. The van der Waals surface area contributed by atoms with Gasteiger partial charge in [0.25, 0.3) is 11.8 Å². The number of nitrogens with one attached hydrogen (secondary N) is 3. The van der Waals surface area contributed by atoms with Gasteiger partial charge in [0.2, 0.25) is 5.82 Å². The molecule has 0 spiro atoms. The second-order valence-corrected chi connectivity index (χ2v) is 7.20. The van der Waals surface area contributed by atoms with Crippen molar-refractivity contribution in [1.29, 1.82) is 0 Å². The summed E-state index contributed by atoms with van der Waals surface area (Å²) in [5, 5.41) is 7.34. The van der Waals surface area contributed by atoms with Crippen LogP contribution in [0.3, 0.4) is 0 Å². The maximum atomic E-state index is 12.8. The summed E-state index contributed by atoms with van der Waals surface area (Å²) in [5.74, 6) is 1.22. The van der Waals surface area contributed by atoms with Crippen molar-refractivity contribution in [2.45, 2.75) is 6.04 Å². The molecule has 0 unspecified atom stereocenters. The van der Waals surface area contributed by atoms with E-state index in [0.717, 1.165) is 0 Å². The molecule has 0 bridgehead atoms. The first kappa shape index (κ1) is 19.1. The number of carbonyl (C=O) groups is 1. The molecule has 3 heterocycles. The topological polar surface area (TPSA) is 129 Å². The van der Waals surface area contributed by atoms with Gasteiger partial charge in [0, 0.05) is 25.2 Å². The summed E-state index contributed by atoms with van der Waals surface area (Å²) in [4.78, 5) is 35.9. The summed E-state index contributed by atoms with van der Waals surface area (Å²) in [6.07, 6.45) is 0. The molecule has 4 aromatic rings. The number of piperazine rings is 1. The largest absolute Gasteiger partial charge is 0.484 e. The maximum absolute atomic E-state index is 12.8. The number of benzene rings is 2. The van der Waals surface area contributed by atoms with Crippen LogP contribution in [-0.2, 0) is 4.79 Å². The average Bonchev–Trinajstić information content (AvgIpc) is 3.43. The highest BCUT2D eigenvalue weighted by Gasteiger charge is 2.32. The fraction of sp³-hybridized carbons (Fsp3) is 0.238. The first-order valence-corrected chi connectivity index (χ1v) is 9.91. The predicted molar refractivity (Wildman–Crippen MR) is 111 cm³/mol. The van der Waals surface area contributed by atoms with E-state index in [9.17, 15) is 9.59 Å². The van der Waals surface area contributed by atoms with Gasteiger partial charge in [0.15, 0.2) is 6.61 Å². The van der Waals surface area contributed by atoms with Gasteiger partial charge < -0.3 is 29.4 Å².